The summed E-state index contributed by atoms with van der Waals surface area (Å²) in [5, 5.41) is 22.4. The summed E-state index contributed by atoms with van der Waals surface area (Å²) in [5.41, 5.74) is 4.33. The topological polar surface area (TPSA) is 111 Å². The summed E-state index contributed by atoms with van der Waals surface area (Å²) in [6.45, 7) is 4.40. The van der Waals surface area contributed by atoms with Gasteiger partial charge in [-0.2, -0.15) is 5.26 Å². The molecular formula is C24H25N5O3. The number of anilines is 1. The molecule has 2 N–H and O–H groups in total. The first-order chi connectivity index (χ1) is 15.3. The van der Waals surface area contributed by atoms with Crippen molar-refractivity contribution in [1.29, 1.82) is 5.26 Å². The molecule has 0 bridgehead atoms. The van der Waals surface area contributed by atoms with Gasteiger partial charge in [0.25, 0.3) is 5.91 Å². The Hall–Kier alpha value is -3.86. The number of nitrogens with one attached hydrogen (secondary N) is 1. The number of carboxylic acid groups (broad SMARTS) is 1. The number of fused-ring (bicyclic) bond motifs is 1. The van der Waals surface area contributed by atoms with E-state index in [0.29, 0.717) is 23.4 Å². The fraction of sp³-hybridized carbons (Fsp3) is 0.333. The lowest BCUT2D eigenvalue weighted by molar-refractivity contribution is 0.102. The van der Waals surface area contributed by atoms with Crippen LogP contribution in [0.1, 0.15) is 52.7 Å². The zero-order valence-electron chi connectivity index (χ0n) is 18.3. The molecule has 3 aromatic rings. The molecule has 3 heterocycles. The predicted octanol–water partition coefficient (Wildman–Crippen LogP) is 4.25. The fourth-order valence-corrected chi connectivity index (χ4v) is 4.64. The van der Waals surface area contributed by atoms with Gasteiger partial charge in [-0.05, 0) is 61.9 Å². The van der Waals surface area contributed by atoms with Gasteiger partial charge in [-0.25, -0.2) is 9.78 Å². The maximum Gasteiger partial charge on any atom is 0.407 e. The minimum Gasteiger partial charge on any atom is -0.465 e. The zero-order valence-corrected chi connectivity index (χ0v) is 18.3. The summed E-state index contributed by atoms with van der Waals surface area (Å²) in [5.74, 6) is -0.0877. The second kappa shape index (κ2) is 8.35. The summed E-state index contributed by atoms with van der Waals surface area (Å²) < 4.78 is 1.98. The summed E-state index contributed by atoms with van der Waals surface area (Å²) in [4.78, 5) is 30.3. The van der Waals surface area contributed by atoms with Crippen molar-refractivity contribution in [2.75, 3.05) is 11.9 Å². The van der Waals surface area contributed by atoms with Crippen molar-refractivity contribution in [3.8, 4) is 6.07 Å². The van der Waals surface area contributed by atoms with Crippen LogP contribution in [-0.2, 0) is 7.05 Å². The minimum atomic E-state index is -0.878. The van der Waals surface area contributed by atoms with Crippen molar-refractivity contribution in [1.82, 2.24) is 14.5 Å². The molecular weight excluding hydrogens is 406 g/mol. The summed E-state index contributed by atoms with van der Waals surface area (Å²) in [6, 6.07) is 8.55. The highest BCUT2D eigenvalue weighted by Crippen LogP contribution is 2.38. The van der Waals surface area contributed by atoms with E-state index in [1.807, 2.05) is 31.5 Å². The molecule has 2 amide bonds. The van der Waals surface area contributed by atoms with Crippen molar-refractivity contribution in [2.24, 2.45) is 7.05 Å². The van der Waals surface area contributed by atoms with E-state index < -0.39 is 6.09 Å². The first-order valence-electron chi connectivity index (χ1n) is 10.6. The second-order valence-corrected chi connectivity index (χ2v) is 8.38. The number of aromatic nitrogens is 2. The van der Waals surface area contributed by atoms with Gasteiger partial charge in [0.15, 0.2) is 0 Å². The van der Waals surface area contributed by atoms with E-state index in [0.717, 1.165) is 35.0 Å². The lowest BCUT2D eigenvalue weighted by Gasteiger charge is -2.35. The number of carbonyl (C=O) groups is 2. The smallest absolute Gasteiger partial charge is 0.407 e. The van der Waals surface area contributed by atoms with Crippen LogP contribution in [0.2, 0.25) is 0 Å². The molecule has 1 fully saturated rings. The second-order valence-electron chi connectivity index (χ2n) is 8.38. The van der Waals surface area contributed by atoms with Crippen molar-refractivity contribution < 1.29 is 14.7 Å². The molecule has 0 aliphatic carbocycles. The van der Waals surface area contributed by atoms with E-state index in [4.69, 9.17) is 5.26 Å². The molecule has 0 saturated carbocycles. The van der Waals surface area contributed by atoms with Gasteiger partial charge in [-0.15, -0.1) is 0 Å². The van der Waals surface area contributed by atoms with Crippen LogP contribution in [-0.4, -0.2) is 44.1 Å². The van der Waals surface area contributed by atoms with Gasteiger partial charge < -0.3 is 19.9 Å². The molecule has 1 saturated heterocycles. The number of hydrogen-bond donors (Lipinski definition) is 2. The number of likely N-dealkylation sites (tertiary alicyclic amines) is 1. The Kier molecular flexibility index (Phi) is 5.57. The van der Waals surface area contributed by atoms with Crippen molar-refractivity contribution >= 4 is 28.7 Å². The van der Waals surface area contributed by atoms with Crippen LogP contribution in [0, 0.1) is 18.3 Å². The normalized spacial score (nSPS) is 18.4. The lowest BCUT2D eigenvalue weighted by Crippen LogP contribution is -2.43. The van der Waals surface area contributed by atoms with Gasteiger partial charge in [0.2, 0.25) is 0 Å². The van der Waals surface area contributed by atoms with E-state index in [9.17, 15) is 14.7 Å². The molecule has 0 spiro atoms. The number of amides is 2. The number of rotatable bonds is 3. The highest BCUT2D eigenvalue weighted by Gasteiger charge is 2.31. The maximum absolute atomic E-state index is 12.8. The Morgan fingerprint density at radius 3 is 2.81 bits per heavy atom. The standard InChI is InChI=1S/C24H25N5O3/c1-14-9-17(7-8-29(14)24(31)32)19-13-28(3)22-21(19)15(2)20(12-26-22)27-23(30)18-6-4-5-16(10-18)11-25/h4-6,10,12-14,17H,7-9H2,1-3H3,(H,27,30)(H,31,32)/t14-,17+/m0/s1. The van der Waals surface area contributed by atoms with Gasteiger partial charge in [-0.3, -0.25) is 4.79 Å². The Labute approximate surface area is 186 Å². The molecule has 164 valence electrons. The molecule has 4 rings (SSSR count). The zero-order chi connectivity index (χ0) is 23.0. The van der Waals surface area contributed by atoms with Gasteiger partial charge in [0.1, 0.15) is 5.65 Å². The largest absolute Gasteiger partial charge is 0.465 e. The van der Waals surface area contributed by atoms with Crippen LogP contribution in [0.15, 0.2) is 36.7 Å². The van der Waals surface area contributed by atoms with Gasteiger partial charge in [-0.1, -0.05) is 6.07 Å². The third-order valence-electron chi connectivity index (χ3n) is 6.34. The van der Waals surface area contributed by atoms with E-state index >= 15 is 0 Å². The average Bonchev–Trinajstić information content (AvgIpc) is 3.12. The summed E-state index contributed by atoms with van der Waals surface area (Å²) >= 11 is 0. The number of carbonyl (C=O) groups excluding carboxylic acids is 1. The average molecular weight is 431 g/mol. The lowest BCUT2D eigenvalue weighted by atomic mass is 9.85. The SMILES string of the molecule is Cc1c(NC(=O)c2cccc(C#N)c2)cnc2c1c([C@@H]1CCN(C(=O)O)[C@@H](C)C1)cn2C. The Morgan fingerprint density at radius 2 is 2.12 bits per heavy atom. The van der Waals surface area contributed by atoms with Gasteiger partial charge >= 0.3 is 6.09 Å². The number of piperidine rings is 1. The maximum atomic E-state index is 12.8. The third-order valence-corrected chi connectivity index (χ3v) is 6.34. The van der Waals surface area contributed by atoms with Gasteiger partial charge in [0, 0.05) is 36.8 Å². The third kappa shape index (κ3) is 3.78. The van der Waals surface area contributed by atoms with Crippen molar-refractivity contribution in [2.45, 2.75) is 38.6 Å². The number of benzene rings is 1. The number of nitrogens with zero attached hydrogens (tertiary/aromatic N) is 4. The molecule has 8 nitrogen and oxygen atoms in total. The molecule has 1 aromatic carbocycles. The van der Waals surface area contributed by atoms with Crippen molar-refractivity contribution in [3.63, 3.8) is 0 Å². The summed E-state index contributed by atoms with van der Waals surface area (Å²) in [7, 11) is 1.94. The van der Waals surface area contributed by atoms with E-state index in [2.05, 4.69) is 16.5 Å². The molecule has 1 aliphatic heterocycles. The van der Waals surface area contributed by atoms with E-state index in [1.54, 1.807) is 30.5 Å². The van der Waals surface area contributed by atoms with Crippen LogP contribution in [0.5, 0.6) is 0 Å². The molecule has 0 radical (unpaired) electrons. The first kappa shape index (κ1) is 21.4. The highest BCUT2D eigenvalue weighted by molar-refractivity contribution is 6.06. The van der Waals surface area contributed by atoms with E-state index in [-0.39, 0.29) is 17.9 Å². The van der Waals surface area contributed by atoms with Crippen LogP contribution in [0.4, 0.5) is 10.5 Å². The monoisotopic (exact) mass is 431 g/mol. The summed E-state index contributed by atoms with van der Waals surface area (Å²) in [6.07, 6.45) is 4.33. The Morgan fingerprint density at radius 1 is 1.34 bits per heavy atom. The quantitative estimate of drug-likeness (QED) is 0.644. The number of hydrogen-bond acceptors (Lipinski definition) is 4. The first-order valence-corrected chi connectivity index (χ1v) is 10.6. The van der Waals surface area contributed by atoms with Crippen molar-refractivity contribution in [3.05, 3.63) is 58.9 Å². The molecule has 32 heavy (non-hydrogen) atoms. The van der Waals surface area contributed by atoms with E-state index in [1.165, 1.54) is 4.90 Å². The molecule has 2 aromatic heterocycles. The van der Waals surface area contributed by atoms with Crippen LogP contribution >= 0.6 is 0 Å². The Balaban J connectivity index is 1.67. The number of pyridine rings is 1. The highest BCUT2D eigenvalue weighted by atomic mass is 16.4. The van der Waals surface area contributed by atoms with Crippen LogP contribution in [0.25, 0.3) is 11.0 Å². The van der Waals surface area contributed by atoms with Gasteiger partial charge in [0.05, 0.1) is 23.5 Å². The Bertz CT molecular complexity index is 1260. The predicted molar refractivity (Wildman–Crippen MR) is 121 cm³/mol. The molecule has 1 aliphatic rings. The molecule has 0 unspecified atom stereocenters. The minimum absolute atomic E-state index is 0.0648. The van der Waals surface area contributed by atoms with Crippen LogP contribution in [0.3, 0.4) is 0 Å². The van der Waals surface area contributed by atoms with Crippen LogP contribution < -0.4 is 5.32 Å². The molecule has 2 atom stereocenters. The fourth-order valence-electron chi connectivity index (χ4n) is 4.64. The molecule has 8 heteroatoms. The number of nitriles is 1. The number of aryl methyl sites for hydroxylation is 2.